The molecule has 7 nitrogen and oxygen atoms in total. The third kappa shape index (κ3) is 11.8. The van der Waals surface area contributed by atoms with Crippen LogP contribution in [-0.4, -0.2) is 30.4 Å². The fraction of sp³-hybridized carbons (Fsp3) is 0.632. The molecule has 0 fully saturated rings. The number of rotatable bonds is 9. The zero-order chi connectivity index (χ0) is 20.6. The summed E-state index contributed by atoms with van der Waals surface area (Å²) in [5.41, 5.74) is -0.448. The minimum Gasteiger partial charge on any atom is -0.445 e. The number of carbonyl (C=O) groups excluding carboxylic acids is 1. The lowest BCUT2D eigenvalue weighted by Crippen LogP contribution is -2.27. The van der Waals surface area contributed by atoms with Crippen LogP contribution in [0.15, 0.2) is 30.3 Å². The number of amides is 1. The Balaban J connectivity index is 2.34. The molecule has 1 aromatic carbocycles. The molecule has 1 N–H and O–H groups in total. The molecule has 0 saturated heterocycles. The van der Waals surface area contributed by atoms with Gasteiger partial charge < -0.3 is 10.1 Å². The van der Waals surface area contributed by atoms with E-state index in [4.69, 9.17) is 18.3 Å². The van der Waals surface area contributed by atoms with Gasteiger partial charge in [-0.1, -0.05) is 30.3 Å². The van der Waals surface area contributed by atoms with Crippen molar-refractivity contribution in [1.29, 1.82) is 0 Å². The van der Waals surface area contributed by atoms with E-state index in [-0.39, 0.29) is 13.2 Å². The van der Waals surface area contributed by atoms with Crippen LogP contribution in [0.3, 0.4) is 0 Å². The predicted molar refractivity (Wildman–Crippen MR) is 104 cm³/mol. The Morgan fingerprint density at radius 1 is 1.00 bits per heavy atom. The highest BCUT2D eigenvalue weighted by Crippen LogP contribution is 2.55. The molecular formula is C19H32NO6P. The summed E-state index contributed by atoms with van der Waals surface area (Å²) in [5.74, 6) is 0. The number of benzene rings is 1. The van der Waals surface area contributed by atoms with Gasteiger partial charge in [0.2, 0.25) is 0 Å². The van der Waals surface area contributed by atoms with Gasteiger partial charge in [-0.25, -0.2) is 9.36 Å². The lowest BCUT2D eigenvalue weighted by molar-refractivity contribution is 0.00323. The summed E-state index contributed by atoms with van der Waals surface area (Å²) in [5, 5.41) is 2.62. The number of hydrogen-bond acceptors (Lipinski definition) is 6. The maximum Gasteiger partial charge on any atom is 0.475 e. The molecule has 0 aliphatic rings. The molecule has 1 rings (SSSR count). The molecule has 0 atom stereocenters. The van der Waals surface area contributed by atoms with Gasteiger partial charge >= 0.3 is 13.9 Å². The first-order chi connectivity index (χ1) is 12.4. The summed E-state index contributed by atoms with van der Waals surface area (Å²) < 4.78 is 34.4. The van der Waals surface area contributed by atoms with Gasteiger partial charge in [-0.15, -0.1) is 0 Å². The molecule has 27 heavy (non-hydrogen) atoms. The van der Waals surface area contributed by atoms with Crippen molar-refractivity contribution in [2.24, 2.45) is 0 Å². The maximum atomic E-state index is 12.8. The van der Waals surface area contributed by atoms with Crippen LogP contribution in [0, 0.1) is 0 Å². The van der Waals surface area contributed by atoms with Gasteiger partial charge in [-0.2, -0.15) is 0 Å². The van der Waals surface area contributed by atoms with E-state index in [0.29, 0.717) is 13.0 Å². The van der Waals surface area contributed by atoms with Crippen LogP contribution in [0.2, 0.25) is 0 Å². The van der Waals surface area contributed by atoms with Gasteiger partial charge in [0.15, 0.2) is 0 Å². The highest BCUT2D eigenvalue weighted by molar-refractivity contribution is 7.48. The first kappa shape index (κ1) is 23.6. The monoisotopic (exact) mass is 401 g/mol. The first-order valence-corrected chi connectivity index (χ1v) is 10.5. The van der Waals surface area contributed by atoms with E-state index in [1.807, 2.05) is 30.3 Å². The number of phosphoric ester groups is 1. The van der Waals surface area contributed by atoms with Crippen molar-refractivity contribution >= 4 is 13.9 Å². The average Bonchev–Trinajstić information content (AvgIpc) is 2.49. The molecule has 0 heterocycles. The summed E-state index contributed by atoms with van der Waals surface area (Å²) >= 11 is 0. The fourth-order valence-electron chi connectivity index (χ4n) is 1.96. The van der Waals surface area contributed by atoms with Crippen LogP contribution in [0.1, 0.15) is 53.5 Å². The molecule has 0 spiro atoms. The van der Waals surface area contributed by atoms with Crippen molar-refractivity contribution < 1.29 is 27.7 Å². The Bertz CT molecular complexity index is 601. The Labute approximate surface area is 162 Å². The topological polar surface area (TPSA) is 83.1 Å². The molecule has 1 aromatic rings. The van der Waals surface area contributed by atoms with Gasteiger partial charge in [0.05, 0.1) is 17.8 Å². The van der Waals surface area contributed by atoms with Crippen molar-refractivity contribution in [1.82, 2.24) is 5.32 Å². The second-order valence-corrected chi connectivity index (χ2v) is 9.55. The van der Waals surface area contributed by atoms with Gasteiger partial charge in [0, 0.05) is 6.54 Å². The number of hydrogen-bond donors (Lipinski definition) is 1. The minimum atomic E-state index is -3.72. The van der Waals surface area contributed by atoms with Gasteiger partial charge in [0.25, 0.3) is 0 Å². The SMILES string of the molecule is CC(C)(C)OP(=O)(OCCCNC(=O)OCc1ccccc1)OC(C)(C)C. The normalized spacial score (nSPS) is 12.7. The second kappa shape index (κ2) is 10.2. The van der Waals surface area contributed by atoms with Gasteiger partial charge in [0.1, 0.15) is 6.61 Å². The van der Waals surface area contributed by atoms with Gasteiger partial charge in [-0.3, -0.25) is 13.6 Å². The number of ether oxygens (including phenoxy) is 1. The summed E-state index contributed by atoms with van der Waals surface area (Å²) in [6, 6.07) is 9.41. The van der Waals surface area contributed by atoms with Crippen LogP contribution in [0.25, 0.3) is 0 Å². The van der Waals surface area contributed by atoms with Crippen molar-refractivity contribution in [3.63, 3.8) is 0 Å². The first-order valence-electron chi connectivity index (χ1n) is 8.99. The molecule has 8 heteroatoms. The highest BCUT2D eigenvalue weighted by Gasteiger charge is 2.36. The quantitative estimate of drug-likeness (QED) is 0.460. The van der Waals surface area contributed by atoms with Crippen molar-refractivity contribution in [2.75, 3.05) is 13.2 Å². The van der Waals surface area contributed by atoms with Crippen LogP contribution >= 0.6 is 7.82 Å². The molecular weight excluding hydrogens is 369 g/mol. The Morgan fingerprint density at radius 3 is 2.07 bits per heavy atom. The average molecular weight is 401 g/mol. The molecule has 1 amide bonds. The molecule has 0 radical (unpaired) electrons. The predicted octanol–water partition coefficient (Wildman–Crippen LogP) is 5.06. The molecule has 154 valence electrons. The van der Waals surface area contributed by atoms with E-state index in [9.17, 15) is 9.36 Å². The lowest BCUT2D eigenvalue weighted by atomic mass is 10.2. The fourth-order valence-corrected chi connectivity index (χ4v) is 3.79. The minimum absolute atomic E-state index is 0.113. The van der Waals surface area contributed by atoms with Crippen LogP contribution < -0.4 is 5.32 Å². The largest absolute Gasteiger partial charge is 0.475 e. The standard InChI is InChI=1S/C19H32NO6P/c1-18(2,3)25-27(22,26-19(4,5)6)24-14-10-13-20-17(21)23-15-16-11-8-7-9-12-16/h7-9,11-12H,10,13-15H2,1-6H3,(H,20,21). The van der Waals surface area contributed by atoms with Crippen LogP contribution in [0.5, 0.6) is 0 Å². The molecule has 0 aromatic heterocycles. The third-order valence-corrected chi connectivity index (χ3v) is 4.87. The van der Waals surface area contributed by atoms with Crippen LogP contribution in [-0.2, 0) is 29.5 Å². The van der Waals surface area contributed by atoms with Crippen molar-refractivity contribution in [3.05, 3.63) is 35.9 Å². The third-order valence-electron chi connectivity index (χ3n) is 2.82. The van der Waals surface area contributed by atoms with E-state index in [1.54, 1.807) is 41.5 Å². The van der Waals surface area contributed by atoms with Crippen molar-refractivity contribution in [3.8, 4) is 0 Å². The summed E-state index contributed by atoms with van der Waals surface area (Å²) in [6.07, 6.45) is -0.0789. The van der Waals surface area contributed by atoms with E-state index in [2.05, 4.69) is 5.32 Å². The summed E-state index contributed by atoms with van der Waals surface area (Å²) in [7, 11) is -3.72. The van der Waals surface area contributed by atoms with E-state index < -0.39 is 25.1 Å². The van der Waals surface area contributed by atoms with E-state index >= 15 is 0 Å². The zero-order valence-electron chi connectivity index (χ0n) is 17.1. The molecule has 0 saturated carbocycles. The molecule has 0 aliphatic carbocycles. The maximum absolute atomic E-state index is 12.8. The van der Waals surface area contributed by atoms with Crippen LogP contribution in [0.4, 0.5) is 4.79 Å². The molecule has 0 bridgehead atoms. The number of nitrogens with one attached hydrogen (secondary N) is 1. The number of alkyl carbamates (subject to hydrolysis) is 1. The van der Waals surface area contributed by atoms with Gasteiger partial charge in [-0.05, 0) is 53.5 Å². The number of carbonyl (C=O) groups is 1. The Morgan fingerprint density at radius 2 is 1.56 bits per heavy atom. The summed E-state index contributed by atoms with van der Waals surface area (Å²) in [4.78, 5) is 11.7. The molecule has 0 unspecified atom stereocenters. The van der Waals surface area contributed by atoms with E-state index in [0.717, 1.165) is 5.56 Å². The zero-order valence-corrected chi connectivity index (χ0v) is 18.0. The number of phosphoric acid groups is 1. The Kier molecular flexibility index (Phi) is 8.95. The second-order valence-electron chi connectivity index (χ2n) is 8.03. The smallest absolute Gasteiger partial charge is 0.445 e. The highest BCUT2D eigenvalue weighted by atomic mass is 31.2. The Hall–Kier alpha value is -1.40. The van der Waals surface area contributed by atoms with Crippen molar-refractivity contribution in [2.45, 2.75) is 65.8 Å². The summed E-state index contributed by atoms with van der Waals surface area (Å²) in [6.45, 7) is 11.3. The molecule has 0 aliphatic heterocycles. The van der Waals surface area contributed by atoms with E-state index in [1.165, 1.54) is 0 Å². The lowest BCUT2D eigenvalue weighted by Gasteiger charge is -2.30.